The van der Waals surface area contributed by atoms with Crippen LogP contribution in [0.1, 0.15) is 37.3 Å². The molecule has 1 aliphatic heterocycles. The van der Waals surface area contributed by atoms with E-state index in [0.29, 0.717) is 6.54 Å². The monoisotopic (exact) mass is 233 g/mol. The molecular formula is C14H23N3. The van der Waals surface area contributed by atoms with Crippen molar-refractivity contribution in [2.75, 3.05) is 18.0 Å². The third kappa shape index (κ3) is 2.60. The zero-order chi connectivity index (χ0) is 12.3. The minimum atomic E-state index is 0.587. The largest absolute Gasteiger partial charge is 0.356 e. The molecule has 1 fully saturated rings. The van der Waals surface area contributed by atoms with Gasteiger partial charge in [0.15, 0.2) is 0 Å². The fourth-order valence-corrected chi connectivity index (χ4v) is 2.77. The van der Waals surface area contributed by atoms with E-state index in [4.69, 9.17) is 5.73 Å². The molecule has 94 valence electrons. The van der Waals surface area contributed by atoms with Crippen molar-refractivity contribution in [2.45, 2.75) is 39.7 Å². The minimum Gasteiger partial charge on any atom is -0.356 e. The highest BCUT2D eigenvalue weighted by molar-refractivity contribution is 5.51. The van der Waals surface area contributed by atoms with Gasteiger partial charge in [0.1, 0.15) is 5.82 Å². The highest BCUT2D eigenvalue weighted by Crippen LogP contribution is 2.28. The molecule has 1 aromatic heterocycles. The van der Waals surface area contributed by atoms with Gasteiger partial charge < -0.3 is 10.6 Å². The van der Waals surface area contributed by atoms with Crippen molar-refractivity contribution in [2.24, 2.45) is 11.7 Å². The molecule has 0 amide bonds. The topological polar surface area (TPSA) is 42.2 Å². The van der Waals surface area contributed by atoms with Gasteiger partial charge in [0, 0.05) is 31.4 Å². The Balaban J connectivity index is 2.15. The smallest absolute Gasteiger partial charge is 0.133 e. The SMILES string of the molecule is CCCC1CCN(c2nccc(C)c2CN)C1. The summed E-state index contributed by atoms with van der Waals surface area (Å²) in [6.45, 7) is 7.25. The Morgan fingerprint density at radius 2 is 2.35 bits per heavy atom. The first-order chi connectivity index (χ1) is 8.26. The molecular weight excluding hydrogens is 210 g/mol. The third-order valence-electron chi connectivity index (χ3n) is 3.75. The van der Waals surface area contributed by atoms with Gasteiger partial charge in [-0.15, -0.1) is 0 Å². The number of aromatic nitrogens is 1. The molecule has 1 aromatic rings. The quantitative estimate of drug-likeness (QED) is 0.868. The fourth-order valence-electron chi connectivity index (χ4n) is 2.77. The van der Waals surface area contributed by atoms with Crippen LogP contribution in [0, 0.1) is 12.8 Å². The van der Waals surface area contributed by atoms with Crippen molar-refractivity contribution in [1.82, 2.24) is 4.98 Å². The molecule has 0 radical (unpaired) electrons. The van der Waals surface area contributed by atoms with E-state index >= 15 is 0 Å². The summed E-state index contributed by atoms with van der Waals surface area (Å²) in [6, 6.07) is 2.05. The first kappa shape index (κ1) is 12.4. The van der Waals surface area contributed by atoms with Crippen molar-refractivity contribution in [3.05, 3.63) is 23.4 Å². The first-order valence-corrected chi connectivity index (χ1v) is 6.65. The number of hydrogen-bond donors (Lipinski definition) is 1. The first-order valence-electron chi connectivity index (χ1n) is 6.65. The van der Waals surface area contributed by atoms with E-state index in [-0.39, 0.29) is 0 Å². The zero-order valence-corrected chi connectivity index (χ0v) is 10.9. The second-order valence-corrected chi connectivity index (χ2v) is 5.02. The van der Waals surface area contributed by atoms with Gasteiger partial charge >= 0.3 is 0 Å². The Kier molecular flexibility index (Phi) is 4.00. The molecule has 2 rings (SSSR count). The average Bonchev–Trinajstić information content (AvgIpc) is 2.78. The number of hydrogen-bond acceptors (Lipinski definition) is 3. The second kappa shape index (κ2) is 5.50. The summed E-state index contributed by atoms with van der Waals surface area (Å²) in [5.41, 5.74) is 8.32. The molecule has 0 aromatic carbocycles. The minimum absolute atomic E-state index is 0.587. The summed E-state index contributed by atoms with van der Waals surface area (Å²) < 4.78 is 0. The van der Waals surface area contributed by atoms with E-state index in [9.17, 15) is 0 Å². The molecule has 1 unspecified atom stereocenters. The van der Waals surface area contributed by atoms with Crippen molar-refractivity contribution in [3.8, 4) is 0 Å². The number of pyridine rings is 1. The maximum atomic E-state index is 5.85. The average molecular weight is 233 g/mol. The van der Waals surface area contributed by atoms with Gasteiger partial charge in [0.05, 0.1) is 0 Å². The predicted octanol–water partition coefficient (Wildman–Crippen LogP) is 2.48. The van der Waals surface area contributed by atoms with Crippen molar-refractivity contribution in [1.29, 1.82) is 0 Å². The van der Waals surface area contributed by atoms with Crippen molar-refractivity contribution in [3.63, 3.8) is 0 Å². The summed E-state index contributed by atoms with van der Waals surface area (Å²) in [7, 11) is 0. The number of rotatable bonds is 4. The summed E-state index contributed by atoms with van der Waals surface area (Å²) >= 11 is 0. The summed E-state index contributed by atoms with van der Waals surface area (Å²) in [4.78, 5) is 6.95. The molecule has 17 heavy (non-hydrogen) atoms. The lowest BCUT2D eigenvalue weighted by atomic mass is 10.0. The van der Waals surface area contributed by atoms with Crippen molar-refractivity contribution >= 4 is 5.82 Å². The van der Waals surface area contributed by atoms with Crippen LogP contribution in [0.3, 0.4) is 0 Å². The van der Waals surface area contributed by atoms with Crippen LogP contribution in [0.5, 0.6) is 0 Å². The second-order valence-electron chi connectivity index (χ2n) is 5.02. The molecule has 3 nitrogen and oxygen atoms in total. The number of anilines is 1. The molecule has 0 aliphatic carbocycles. The zero-order valence-electron chi connectivity index (χ0n) is 10.9. The van der Waals surface area contributed by atoms with Gasteiger partial charge in [-0.2, -0.15) is 0 Å². The van der Waals surface area contributed by atoms with Crippen LogP contribution in [0.2, 0.25) is 0 Å². The Morgan fingerprint density at radius 3 is 3.06 bits per heavy atom. The Bertz CT molecular complexity index is 376. The van der Waals surface area contributed by atoms with Gasteiger partial charge in [-0.05, 0) is 37.3 Å². The molecule has 0 saturated carbocycles. The van der Waals surface area contributed by atoms with E-state index in [0.717, 1.165) is 24.8 Å². The van der Waals surface area contributed by atoms with E-state index in [2.05, 4.69) is 23.7 Å². The van der Waals surface area contributed by atoms with Crippen LogP contribution in [-0.2, 0) is 6.54 Å². The Morgan fingerprint density at radius 1 is 1.53 bits per heavy atom. The third-order valence-corrected chi connectivity index (χ3v) is 3.75. The fraction of sp³-hybridized carbons (Fsp3) is 0.643. The Labute approximate surface area is 104 Å². The standard InChI is InChI=1S/C14H23N3/c1-3-4-12-6-8-17(10-12)14-13(9-15)11(2)5-7-16-14/h5,7,12H,3-4,6,8-10,15H2,1-2H3. The maximum absolute atomic E-state index is 5.85. The highest BCUT2D eigenvalue weighted by Gasteiger charge is 2.24. The van der Waals surface area contributed by atoms with E-state index in [1.54, 1.807) is 0 Å². The Hall–Kier alpha value is -1.09. The molecule has 2 N–H and O–H groups in total. The van der Waals surface area contributed by atoms with Crippen molar-refractivity contribution < 1.29 is 0 Å². The van der Waals surface area contributed by atoms with E-state index in [1.807, 2.05) is 12.3 Å². The molecule has 0 bridgehead atoms. The van der Waals surface area contributed by atoms with Crippen LogP contribution < -0.4 is 10.6 Å². The maximum Gasteiger partial charge on any atom is 0.133 e. The highest BCUT2D eigenvalue weighted by atomic mass is 15.2. The van der Waals surface area contributed by atoms with Crippen LogP contribution >= 0.6 is 0 Å². The summed E-state index contributed by atoms with van der Waals surface area (Å²) in [5, 5.41) is 0. The molecule has 2 heterocycles. The lowest BCUT2D eigenvalue weighted by molar-refractivity contribution is 0.529. The number of aryl methyl sites for hydroxylation is 1. The van der Waals surface area contributed by atoms with Gasteiger partial charge in [-0.1, -0.05) is 13.3 Å². The van der Waals surface area contributed by atoms with Crippen LogP contribution in [0.25, 0.3) is 0 Å². The lowest BCUT2D eigenvalue weighted by Crippen LogP contribution is -2.23. The van der Waals surface area contributed by atoms with Crippen LogP contribution in [0.4, 0.5) is 5.82 Å². The van der Waals surface area contributed by atoms with Gasteiger partial charge in [0.25, 0.3) is 0 Å². The normalized spacial score (nSPS) is 19.9. The molecule has 1 aliphatic rings. The molecule has 0 spiro atoms. The molecule has 3 heteroatoms. The summed E-state index contributed by atoms with van der Waals surface area (Å²) in [5.74, 6) is 1.96. The van der Waals surface area contributed by atoms with E-state index in [1.165, 1.54) is 30.4 Å². The number of nitrogens with two attached hydrogens (primary N) is 1. The lowest BCUT2D eigenvalue weighted by Gasteiger charge is -2.21. The van der Waals surface area contributed by atoms with E-state index < -0.39 is 0 Å². The predicted molar refractivity (Wildman–Crippen MR) is 72.1 cm³/mol. The van der Waals surface area contributed by atoms with Crippen LogP contribution in [0.15, 0.2) is 12.3 Å². The van der Waals surface area contributed by atoms with Gasteiger partial charge in [0.2, 0.25) is 0 Å². The molecule has 1 saturated heterocycles. The van der Waals surface area contributed by atoms with Crippen LogP contribution in [-0.4, -0.2) is 18.1 Å². The molecule has 1 atom stereocenters. The summed E-state index contributed by atoms with van der Waals surface area (Å²) in [6.07, 6.45) is 5.81. The number of nitrogens with zero attached hydrogens (tertiary/aromatic N) is 2. The van der Waals surface area contributed by atoms with Gasteiger partial charge in [-0.3, -0.25) is 0 Å². The van der Waals surface area contributed by atoms with Gasteiger partial charge in [-0.25, -0.2) is 4.98 Å².